The van der Waals surface area contributed by atoms with Crippen molar-refractivity contribution in [2.45, 2.75) is 52.4 Å². The van der Waals surface area contributed by atoms with Crippen LogP contribution >= 0.6 is 0 Å². The van der Waals surface area contributed by atoms with Gasteiger partial charge in [0.05, 0.1) is 0 Å². The third kappa shape index (κ3) is 3.26. The summed E-state index contributed by atoms with van der Waals surface area (Å²) in [6, 6.07) is 2.09. The van der Waals surface area contributed by atoms with E-state index in [2.05, 4.69) is 42.1 Å². The molecule has 19 heavy (non-hydrogen) atoms. The maximum atomic E-state index is 4.64. The summed E-state index contributed by atoms with van der Waals surface area (Å²) >= 11 is 0. The zero-order valence-electron chi connectivity index (χ0n) is 12.3. The Labute approximate surface area is 116 Å². The summed E-state index contributed by atoms with van der Waals surface area (Å²) in [5, 5.41) is 3.50. The molecule has 3 rings (SSSR count). The maximum Gasteiger partial charge on any atom is 0.223 e. The number of nitrogens with one attached hydrogen (secondary N) is 1. The van der Waals surface area contributed by atoms with Crippen LogP contribution < -0.4 is 5.32 Å². The molecule has 0 aromatic carbocycles. The third-order valence-electron chi connectivity index (χ3n) is 4.42. The second kappa shape index (κ2) is 5.10. The number of anilines is 1. The second-order valence-corrected chi connectivity index (χ2v) is 6.63. The molecule has 2 saturated carbocycles. The number of rotatable bonds is 6. The van der Waals surface area contributed by atoms with Gasteiger partial charge in [0.25, 0.3) is 0 Å². The normalized spacial score (nSPS) is 19.2. The lowest BCUT2D eigenvalue weighted by Gasteiger charge is -2.17. The lowest BCUT2D eigenvalue weighted by Crippen LogP contribution is -2.20. The molecule has 0 unspecified atom stereocenters. The van der Waals surface area contributed by atoms with Crippen LogP contribution in [0, 0.1) is 24.7 Å². The molecule has 0 saturated heterocycles. The highest BCUT2D eigenvalue weighted by Gasteiger charge is 2.41. The fourth-order valence-corrected chi connectivity index (χ4v) is 2.94. The highest BCUT2D eigenvalue weighted by molar-refractivity contribution is 5.29. The van der Waals surface area contributed by atoms with Crippen LogP contribution in [0.1, 0.15) is 56.8 Å². The smallest absolute Gasteiger partial charge is 0.223 e. The summed E-state index contributed by atoms with van der Waals surface area (Å²) in [5.74, 6) is 4.12. The summed E-state index contributed by atoms with van der Waals surface area (Å²) in [6.45, 7) is 7.49. The van der Waals surface area contributed by atoms with E-state index in [1.54, 1.807) is 0 Å². The van der Waals surface area contributed by atoms with E-state index in [0.717, 1.165) is 41.6 Å². The minimum atomic E-state index is 0.463. The summed E-state index contributed by atoms with van der Waals surface area (Å²) < 4.78 is 0. The van der Waals surface area contributed by atoms with Crippen LogP contribution in [0.5, 0.6) is 0 Å². The number of aryl methyl sites for hydroxylation is 1. The molecule has 0 radical (unpaired) electrons. The molecule has 1 heterocycles. The van der Waals surface area contributed by atoms with Crippen LogP contribution in [0.25, 0.3) is 0 Å². The van der Waals surface area contributed by atoms with E-state index in [0.29, 0.717) is 5.92 Å². The van der Waals surface area contributed by atoms with Gasteiger partial charge < -0.3 is 5.32 Å². The van der Waals surface area contributed by atoms with Crippen molar-refractivity contribution >= 4 is 5.95 Å². The number of aromatic nitrogens is 2. The first-order chi connectivity index (χ1) is 9.13. The van der Waals surface area contributed by atoms with Crippen molar-refractivity contribution in [3.05, 3.63) is 17.5 Å². The van der Waals surface area contributed by atoms with Crippen LogP contribution in [-0.4, -0.2) is 16.5 Å². The average Bonchev–Trinajstić information content (AvgIpc) is 3.23. The van der Waals surface area contributed by atoms with Gasteiger partial charge in [0.15, 0.2) is 0 Å². The van der Waals surface area contributed by atoms with E-state index in [4.69, 9.17) is 0 Å². The Bertz CT molecular complexity index is 435. The summed E-state index contributed by atoms with van der Waals surface area (Å²) in [6.07, 6.45) is 5.76. The maximum absolute atomic E-state index is 4.64. The largest absolute Gasteiger partial charge is 0.354 e. The van der Waals surface area contributed by atoms with Gasteiger partial charge in [-0.25, -0.2) is 9.97 Å². The van der Waals surface area contributed by atoms with Gasteiger partial charge in [-0.15, -0.1) is 0 Å². The molecular formula is C16H25N3. The van der Waals surface area contributed by atoms with Gasteiger partial charge in [-0.2, -0.15) is 0 Å². The molecule has 104 valence electrons. The standard InChI is InChI=1S/C16H25N3/c1-10(2)15-8-11(3)18-16(19-15)17-9-14(12-4-5-12)13-6-7-13/h8,10,12-14H,4-7,9H2,1-3H3,(H,17,18,19). The zero-order chi connectivity index (χ0) is 13.4. The molecule has 0 amide bonds. The summed E-state index contributed by atoms with van der Waals surface area (Å²) in [7, 11) is 0. The lowest BCUT2D eigenvalue weighted by atomic mass is 9.98. The van der Waals surface area contributed by atoms with Crippen LogP contribution in [0.3, 0.4) is 0 Å². The third-order valence-corrected chi connectivity index (χ3v) is 4.42. The highest BCUT2D eigenvalue weighted by Crippen LogP contribution is 2.49. The summed E-state index contributed by atoms with van der Waals surface area (Å²) in [5.41, 5.74) is 2.21. The van der Waals surface area contributed by atoms with Crippen LogP contribution in [0.2, 0.25) is 0 Å². The Morgan fingerprint density at radius 3 is 2.32 bits per heavy atom. The van der Waals surface area contributed by atoms with Gasteiger partial charge in [0.1, 0.15) is 0 Å². The van der Waals surface area contributed by atoms with Crippen molar-refractivity contribution < 1.29 is 0 Å². The molecule has 1 aromatic rings. The molecule has 0 aliphatic heterocycles. The monoisotopic (exact) mass is 259 g/mol. The van der Waals surface area contributed by atoms with Gasteiger partial charge in [0, 0.05) is 17.9 Å². The van der Waals surface area contributed by atoms with Crippen molar-refractivity contribution in [2.24, 2.45) is 17.8 Å². The fraction of sp³-hybridized carbons (Fsp3) is 0.750. The van der Waals surface area contributed by atoms with Gasteiger partial charge in [-0.05, 0) is 62.3 Å². The molecule has 2 aliphatic carbocycles. The van der Waals surface area contributed by atoms with E-state index >= 15 is 0 Å². The zero-order valence-corrected chi connectivity index (χ0v) is 12.3. The topological polar surface area (TPSA) is 37.8 Å². The number of hydrogen-bond acceptors (Lipinski definition) is 3. The SMILES string of the molecule is Cc1cc(C(C)C)nc(NCC(C2CC2)C2CC2)n1. The quantitative estimate of drug-likeness (QED) is 0.845. The minimum absolute atomic E-state index is 0.463. The van der Waals surface area contributed by atoms with Gasteiger partial charge in [0.2, 0.25) is 5.95 Å². The van der Waals surface area contributed by atoms with Gasteiger partial charge >= 0.3 is 0 Å². The predicted octanol–water partition coefficient (Wildman–Crippen LogP) is 3.76. The van der Waals surface area contributed by atoms with E-state index in [9.17, 15) is 0 Å². The molecule has 3 nitrogen and oxygen atoms in total. The Balaban J connectivity index is 1.65. The Morgan fingerprint density at radius 2 is 1.79 bits per heavy atom. The van der Waals surface area contributed by atoms with Crippen molar-refractivity contribution in [3.8, 4) is 0 Å². The fourth-order valence-electron chi connectivity index (χ4n) is 2.94. The Morgan fingerprint density at radius 1 is 1.16 bits per heavy atom. The molecule has 1 aromatic heterocycles. The van der Waals surface area contributed by atoms with Crippen LogP contribution in [0.4, 0.5) is 5.95 Å². The first-order valence-corrected chi connectivity index (χ1v) is 7.73. The molecular weight excluding hydrogens is 234 g/mol. The van der Waals surface area contributed by atoms with Crippen LogP contribution in [-0.2, 0) is 0 Å². The molecule has 2 aliphatic rings. The van der Waals surface area contributed by atoms with E-state index in [1.165, 1.54) is 25.7 Å². The Hall–Kier alpha value is -1.12. The molecule has 3 heteroatoms. The van der Waals surface area contributed by atoms with Crippen molar-refractivity contribution in [1.29, 1.82) is 0 Å². The van der Waals surface area contributed by atoms with Crippen molar-refractivity contribution in [2.75, 3.05) is 11.9 Å². The lowest BCUT2D eigenvalue weighted by molar-refractivity contribution is 0.427. The van der Waals surface area contributed by atoms with E-state index in [1.807, 2.05) is 0 Å². The van der Waals surface area contributed by atoms with Crippen LogP contribution in [0.15, 0.2) is 6.07 Å². The molecule has 2 fully saturated rings. The highest BCUT2D eigenvalue weighted by atomic mass is 15.1. The number of nitrogens with zero attached hydrogens (tertiary/aromatic N) is 2. The van der Waals surface area contributed by atoms with E-state index in [-0.39, 0.29) is 0 Å². The molecule has 0 atom stereocenters. The molecule has 0 bridgehead atoms. The summed E-state index contributed by atoms with van der Waals surface area (Å²) in [4.78, 5) is 9.17. The Kier molecular flexibility index (Phi) is 3.46. The van der Waals surface area contributed by atoms with Crippen molar-refractivity contribution in [3.63, 3.8) is 0 Å². The van der Waals surface area contributed by atoms with E-state index < -0.39 is 0 Å². The number of hydrogen-bond donors (Lipinski definition) is 1. The van der Waals surface area contributed by atoms with Gasteiger partial charge in [-0.3, -0.25) is 0 Å². The predicted molar refractivity (Wildman–Crippen MR) is 78.3 cm³/mol. The second-order valence-electron chi connectivity index (χ2n) is 6.63. The average molecular weight is 259 g/mol. The first kappa shape index (κ1) is 12.9. The van der Waals surface area contributed by atoms with Gasteiger partial charge in [-0.1, -0.05) is 13.8 Å². The molecule has 0 spiro atoms. The first-order valence-electron chi connectivity index (χ1n) is 7.73. The molecule has 1 N–H and O–H groups in total. The minimum Gasteiger partial charge on any atom is -0.354 e. The van der Waals surface area contributed by atoms with Crippen molar-refractivity contribution in [1.82, 2.24) is 9.97 Å².